The van der Waals surface area contributed by atoms with Crippen molar-refractivity contribution in [3.05, 3.63) is 23.3 Å². The van der Waals surface area contributed by atoms with Crippen LogP contribution in [0.1, 0.15) is 52.9 Å². The lowest BCUT2D eigenvalue weighted by Crippen LogP contribution is -2.45. The van der Waals surface area contributed by atoms with Crippen LogP contribution in [0, 0.1) is 5.41 Å². The zero-order valence-corrected chi connectivity index (χ0v) is 13.1. The highest BCUT2D eigenvalue weighted by atomic mass is 16.1. The number of allylic oxidation sites excluding steroid dienone is 3. The van der Waals surface area contributed by atoms with Crippen molar-refractivity contribution in [3.63, 3.8) is 0 Å². The maximum Gasteiger partial charge on any atom is 0.244 e. The van der Waals surface area contributed by atoms with Crippen molar-refractivity contribution < 1.29 is 4.79 Å². The van der Waals surface area contributed by atoms with Gasteiger partial charge in [-0.05, 0) is 56.6 Å². The Hall–Kier alpha value is -1.09. The first-order chi connectivity index (χ1) is 9.49. The predicted molar refractivity (Wildman–Crippen MR) is 83.5 cm³/mol. The van der Waals surface area contributed by atoms with E-state index < -0.39 is 0 Å². The van der Waals surface area contributed by atoms with Gasteiger partial charge in [-0.25, -0.2) is 0 Å². The largest absolute Gasteiger partial charge is 0.349 e. The number of piperidine rings is 1. The Morgan fingerprint density at radius 2 is 2.20 bits per heavy atom. The Labute approximate surface area is 122 Å². The lowest BCUT2D eigenvalue weighted by molar-refractivity contribution is -0.117. The van der Waals surface area contributed by atoms with Crippen LogP contribution in [0.3, 0.4) is 0 Å². The molecule has 112 valence electrons. The zero-order chi connectivity index (χ0) is 14.6. The molecule has 2 rings (SSSR count). The molecule has 1 aliphatic heterocycles. The van der Waals surface area contributed by atoms with Gasteiger partial charge >= 0.3 is 0 Å². The first-order valence-electron chi connectivity index (χ1n) is 7.88. The molecule has 0 aromatic rings. The van der Waals surface area contributed by atoms with Crippen LogP contribution in [-0.2, 0) is 4.79 Å². The highest BCUT2D eigenvalue weighted by Crippen LogP contribution is 2.40. The van der Waals surface area contributed by atoms with Gasteiger partial charge in [-0.2, -0.15) is 0 Å². The van der Waals surface area contributed by atoms with E-state index in [2.05, 4.69) is 31.4 Å². The summed E-state index contributed by atoms with van der Waals surface area (Å²) in [7, 11) is 0. The lowest BCUT2D eigenvalue weighted by atomic mass is 9.72. The topological polar surface area (TPSA) is 41.1 Å². The van der Waals surface area contributed by atoms with Crippen LogP contribution >= 0.6 is 0 Å². The third-order valence-corrected chi connectivity index (χ3v) is 4.59. The van der Waals surface area contributed by atoms with Gasteiger partial charge in [0, 0.05) is 18.7 Å². The van der Waals surface area contributed by atoms with E-state index in [1.165, 1.54) is 24.0 Å². The molecule has 2 N–H and O–H groups in total. The Balaban J connectivity index is 1.95. The van der Waals surface area contributed by atoms with Crippen molar-refractivity contribution in [1.29, 1.82) is 0 Å². The van der Waals surface area contributed by atoms with Gasteiger partial charge in [0.25, 0.3) is 0 Å². The van der Waals surface area contributed by atoms with E-state index in [9.17, 15) is 4.79 Å². The van der Waals surface area contributed by atoms with Crippen molar-refractivity contribution in [3.8, 4) is 0 Å². The molecule has 1 atom stereocenters. The summed E-state index contributed by atoms with van der Waals surface area (Å²) >= 11 is 0. The fourth-order valence-corrected chi connectivity index (χ4v) is 3.39. The van der Waals surface area contributed by atoms with Crippen LogP contribution in [0.25, 0.3) is 0 Å². The van der Waals surface area contributed by atoms with Crippen LogP contribution in [0.4, 0.5) is 0 Å². The van der Waals surface area contributed by atoms with Crippen LogP contribution < -0.4 is 10.6 Å². The van der Waals surface area contributed by atoms with Crippen LogP contribution in [0.5, 0.6) is 0 Å². The molecule has 0 radical (unpaired) electrons. The highest BCUT2D eigenvalue weighted by molar-refractivity contribution is 5.88. The maximum absolute atomic E-state index is 12.0. The van der Waals surface area contributed by atoms with Crippen LogP contribution in [0.2, 0.25) is 0 Å². The fourth-order valence-electron chi connectivity index (χ4n) is 3.39. The van der Waals surface area contributed by atoms with Crippen molar-refractivity contribution in [1.82, 2.24) is 10.6 Å². The minimum absolute atomic E-state index is 0.0420. The number of nitrogens with one attached hydrogen (secondary N) is 2. The van der Waals surface area contributed by atoms with E-state index in [-0.39, 0.29) is 17.4 Å². The van der Waals surface area contributed by atoms with Crippen molar-refractivity contribution >= 4 is 5.91 Å². The Morgan fingerprint density at radius 1 is 1.40 bits per heavy atom. The summed E-state index contributed by atoms with van der Waals surface area (Å²) < 4.78 is 0. The van der Waals surface area contributed by atoms with Gasteiger partial charge in [0.05, 0.1) is 0 Å². The summed E-state index contributed by atoms with van der Waals surface area (Å²) in [6, 6.07) is 0.287. The second kappa shape index (κ2) is 6.57. The summed E-state index contributed by atoms with van der Waals surface area (Å²) in [5.74, 6) is 0.0420. The zero-order valence-electron chi connectivity index (χ0n) is 13.1. The molecule has 1 aliphatic carbocycles. The molecule has 0 aromatic heterocycles. The SMILES string of the molecule is CC1=C(C=CC(=O)NC2CCCNC2)C(C)(C)CCC1. The molecule has 1 amide bonds. The predicted octanol–water partition coefficient (Wildman–Crippen LogP) is 2.94. The normalized spacial score (nSPS) is 26.9. The third-order valence-electron chi connectivity index (χ3n) is 4.59. The van der Waals surface area contributed by atoms with Gasteiger partial charge in [-0.3, -0.25) is 4.79 Å². The van der Waals surface area contributed by atoms with Crippen LogP contribution in [0.15, 0.2) is 23.3 Å². The summed E-state index contributed by atoms with van der Waals surface area (Å²) in [6.45, 7) is 8.72. The highest BCUT2D eigenvalue weighted by Gasteiger charge is 2.26. The number of hydrogen-bond donors (Lipinski definition) is 2. The summed E-state index contributed by atoms with van der Waals surface area (Å²) in [6.07, 6.45) is 9.62. The Morgan fingerprint density at radius 3 is 2.85 bits per heavy atom. The monoisotopic (exact) mass is 276 g/mol. The molecule has 2 aliphatic rings. The molecular weight excluding hydrogens is 248 g/mol. The average Bonchev–Trinajstić information content (AvgIpc) is 2.38. The van der Waals surface area contributed by atoms with Crippen molar-refractivity contribution in [2.75, 3.05) is 13.1 Å². The van der Waals surface area contributed by atoms with E-state index in [0.29, 0.717) is 0 Å². The second-order valence-corrected chi connectivity index (χ2v) is 6.82. The summed E-state index contributed by atoms with van der Waals surface area (Å²) in [4.78, 5) is 12.0. The number of hydrogen-bond acceptors (Lipinski definition) is 2. The molecule has 0 saturated carbocycles. The molecule has 0 spiro atoms. The number of carbonyl (C=O) groups is 1. The molecule has 1 saturated heterocycles. The third kappa shape index (κ3) is 3.95. The van der Waals surface area contributed by atoms with E-state index in [1.807, 2.05) is 6.08 Å². The minimum atomic E-state index is 0.0420. The molecule has 1 heterocycles. The summed E-state index contributed by atoms with van der Waals surface area (Å²) in [5, 5.41) is 6.41. The van der Waals surface area contributed by atoms with Crippen LogP contribution in [-0.4, -0.2) is 25.0 Å². The summed E-state index contributed by atoms with van der Waals surface area (Å²) in [5.41, 5.74) is 2.98. The van der Waals surface area contributed by atoms with E-state index in [4.69, 9.17) is 0 Å². The molecule has 1 fully saturated rings. The van der Waals surface area contributed by atoms with Crippen molar-refractivity contribution in [2.45, 2.75) is 58.9 Å². The van der Waals surface area contributed by atoms with Gasteiger partial charge in [0.15, 0.2) is 0 Å². The minimum Gasteiger partial charge on any atom is -0.349 e. The van der Waals surface area contributed by atoms with Gasteiger partial charge in [-0.15, -0.1) is 0 Å². The van der Waals surface area contributed by atoms with Gasteiger partial charge in [0.2, 0.25) is 5.91 Å². The smallest absolute Gasteiger partial charge is 0.244 e. The standard InChI is InChI=1S/C17H28N2O/c1-13-6-4-10-17(2,3)15(13)8-9-16(20)19-14-7-5-11-18-12-14/h8-9,14,18H,4-7,10-12H2,1-3H3,(H,19,20). The maximum atomic E-state index is 12.0. The lowest BCUT2D eigenvalue weighted by Gasteiger charge is -2.32. The molecule has 1 unspecified atom stereocenters. The Kier molecular flexibility index (Phi) is 5.03. The fraction of sp³-hybridized carbons (Fsp3) is 0.706. The average molecular weight is 276 g/mol. The van der Waals surface area contributed by atoms with E-state index >= 15 is 0 Å². The van der Waals surface area contributed by atoms with Gasteiger partial charge in [0.1, 0.15) is 0 Å². The molecule has 0 aromatic carbocycles. The first-order valence-corrected chi connectivity index (χ1v) is 7.88. The molecule has 3 heteroatoms. The first kappa shape index (κ1) is 15.3. The molecule has 0 bridgehead atoms. The van der Waals surface area contributed by atoms with Gasteiger partial charge < -0.3 is 10.6 Å². The molecule has 20 heavy (non-hydrogen) atoms. The molecular formula is C17H28N2O. The molecule has 3 nitrogen and oxygen atoms in total. The number of rotatable bonds is 3. The second-order valence-electron chi connectivity index (χ2n) is 6.82. The number of amides is 1. The van der Waals surface area contributed by atoms with E-state index in [0.717, 1.165) is 32.4 Å². The van der Waals surface area contributed by atoms with Gasteiger partial charge in [-0.1, -0.05) is 25.5 Å². The Bertz CT molecular complexity index is 415. The van der Waals surface area contributed by atoms with Crippen molar-refractivity contribution in [2.24, 2.45) is 5.41 Å². The number of carbonyl (C=O) groups excluding carboxylic acids is 1. The quantitative estimate of drug-likeness (QED) is 0.778. The van der Waals surface area contributed by atoms with E-state index in [1.54, 1.807) is 6.08 Å².